The molecule has 25 heavy (non-hydrogen) atoms. The first-order chi connectivity index (χ1) is 11.8. The van der Waals surface area contributed by atoms with Crippen LogP contribution in [0.3, 0.4) is 0 Å². The van der Waals surface area contributed by atoms with Crippen LogP contribution in [0.15, 0.2) is 65.6 Å². The Bertz CT molecular complexity index is 901. The number of sulfonamides is 1. The van der Waals surface area contributed by atoms with Gasteiger partial charge in [0, 0.05) is 17.5 Å². The molecule has 7 nitrogen and oxygen atoms in total. The third kappa shape index (κ3) is 5.47. The van der Waals surface area contributed by atoms with Gasteiger partial charge in [-0.2, -0.15) is 0 Å². The van der Waals surface area contributed by atoms with E-state index >= 15 is 0 Å². The molecule has 2 rings (SSSR count). The number of carbonyl (C=O) groups excluding carboxylic acids is 2. The van der Waals surface area contributed by atoms with Crippen LogP contribution in [-0.2, 0) is 19.6 Å². The molecule has 8 heteroatoms. The molecule has 0 aliphatic heterocycles. The van der Waals surface area contributed by atoms with Crippen LogP contribution in [0.5, 0.6) is 0 Å². The number of amides is 1. The number of aryl methyl sites for hydroxylation is 1. The van der Waals surface area contributed by atoms with Crippen LogP contribution in [0.4, 0.5) is 11.4 Å². The zero-order valence-electron chi connectivity index (χ0n) is 13.2. The van der Waals surface area contributed by atoms with Crippen molar-refractivity contribution < 1.29 is 23.1 Å². The number of carboxylic acid groups (broad SMARTS) is 1. The van der Waals surface area contributed by atoms with Crippen molar-refractivity contribution in [3.8, 4) is 0 Å². The lowest BCUT2D eigenvalue weighted by Crippen LogP contribution is -2.20. The highest BCUT2D eigenvalue weighted by Crippen LogP contribution is 2.18. The SMILES string of the molecule is Cc1ccc(S(=O)(=O)Nc2ccc(NC(=O)/C=C/C(=O)[O-])cc2)cc1. The first kappa shape index (κ1) is 18.2. The van der Waals surface area contributed by atoms with E-state index in [9.17, 15) is 23.1 Å². The van der Waals surface area contributed by atoms with Crippen LogP contribution in [0.2, 0.25) is 0 Å². The molecular weight excluding hydrogens is 344 g/mol. The topological polar surface area (TPSA) is 115 Å². The second kappa shape index (κ2) is 7.63. The standard InChI is InChI=1S/C17H16N2O5S/c1-12-2-8-15(9-3-12)25(23,24)19-14-6-4-13(5-7-14)18-16(20)10-11-17(21)22/h2-11,19H,1H3,(H,18,20)(H,21,22)/p-1/b11-10+. The van der Waals surface area contributed by atoms with Crippen LogP contribution < -0.4 is 15.1 Å². The normalized spacial score (nSPS) is 11.2. The summed E-state index contributed by atoms with van der Waals surface area (Å²) in [4.78, 5) is 21.8. The Hall–Kier alpha value is -3.13. The summed E-state index contributed by atoms with van der Waals surface area (Å²) in [6.07, 6.45) is 1.43. The van der Waals surface area contributed by atoms with E-state index in [1.807, 2.05) is 6.92 Å². The minimum Gasteiger partial charge on any atom is -0.545 e. The number of nitrogens with one attached hydrogen (secondary N) is 2. The molecule has 0 saturated heterocycles. The largest absolute Gasteiger partial charge is 0.545 e. The van der Waals surface area contributed by atoms with E-state index in [1.54, 1.807) is 12.1 Å². The maximum Gasteiger partial charge on any atom is 0.261 e. The summed E-state index contributed by atoms with van der Waals surface area (Å²) < 4.78 is 27.0. The minimum absolute atomic E-state index is 0.142. The summed E-state index contributed by atoms with van der Waals surface area (Å²) in [6.45, 7) is 1.86. The van der Waals surface area contributed by atoms with Crippen LogP contribution >= 0.6 is 0 Å². The Morgan fingerprint density at radius 2 is 1.48 bits per heavy atom. The van der Waals surface area contributed by atoms with E-state index in [-0.39, 0.29) is 4.90 Å². The maximum absolute atomic E-state index is 12.3. The van der Waals surface area contributed by atoms with Crippen LogP contribution in [0.25, 0.3) is 0 Å². The van der Waals surface area contributed by atoms with E-state index in [0.717, 1.165) is 11.6 Å². The van der Waals surface area contributed by atoms with Gasteiger partial charge in [0.2, 0.25) is 5.91 Å². The number of aliphatic carboxylic acids is 1. The summed E-state index contributed by atoms with van der Waals surface area (Å²) in [5, 5.41) is 12.7. The van der Waals surface area contributed by atoms with Gasteiger partial charge in [0.05, 0.1) is 10.9 Å². The molecule has 2 N–H and O–H groups in total. The number of anilines is 2. The molecule has 0 aromatic heterocycles. The zero-order valence-corrected chi connectivity index (χ0v) is 14.0. The molecule has 0 atom stereocenters. The van der Waals surface area contributed by atoms with Gasteiger partial charge >= 0.3 is 0 Å². The highest BCUT2D eigenvalue weighted by molar-refractivity contribution is 7.92. The van der Waals surface area contributed by atoms with Gasteiger partial charge in [-0.15, -0.1) is 0 Å². The van der Waals surface area contributed by atoms with Crippen molar-refractivity contribution >= 4 is 33.3 Å². The Labute approximate surface area is 145 Å². The number of carbonyl (C=O) groups is 2. The molecule has 2 aromatic rings. The summed E-state index contributed by atoms with van der Waals surface area (Å²) in [5.41, 5.74) is 1.65. The molecular formula is C17H15N2O5S-. The number of hydrogen-bond donors (Lipinski definition) is 2. The summed E-state index contributed by atoms with van der Waals surface area (Å²) in [6, 6.07) is 12.3. The van der Waals surface area contributed by atoms with Crippen molar-refractivity contribution in [1.82, 2.24) is 0 Å². The molecule has 0 aliphatic rings. The summed E-state index contributed by atoms with van der Waals surface area (Å²) in [5.74, 6) is -2.12. The summed E-state index contributed by atoms with van der Waals surface area (Å²) in [7, 11) is -3.70. The lowest BCUT2D eigenvalue weighted by atomic mass is 10.2. The number of benzene rings is 2. The molecule has 0 unspecified atom stereocenters. The van der Waals surface area contributed by atoms with Crippen molar-refractivity contribution in [2.75, 3.05) is 10.0 Å². The average molecular weight is 359 g/mol. The average Bonchev–Trinajstić information content (AvgIpc) is 2.55. The van der Waals surface area contributed by atoms with Gasteiger partial charge in [-0.25, -0.2) is 8.42 Å². The van der Waals surface area contributed by atoms with Crippen molar-refractivity contribution in [2.24, 2.45) is 0 Å². The molecule has 0 bridgehead atoms. The molecule has 0 fully saturated rings. The van der Waals surface area contributed by atoms with Crippen molar-refractivity contribution in [3.05, 3.63) is 66.2 Å². The lowest BCUT2D eigenvalue weighted by molar-refractivity contribution is -0.297. The molecule has 0 spiro atoms. The van der Waals surface area contributed by atoms with Gasteiger partial charge in [0.15, 0.2) is 0 Å². The van der Waals surface area contributed by atoms with E-state index in [2.05, 4.69) is 10.0 Å². The van der Waals surface area contributed by atoms with Gasteiger partial charge in [-0.05, 0) is 49.4 Å². The van der Waals surface area contributed by atoms with Crippen molar-refractivity contribution in [1.29, 1.82) is 0 Å². The quantitative estimate of drug-likeness (QED) is 0.748. The van der Waals surface area contributed by atoms with Crippen LogP contribution in [0, 0.1) is 6.92 Å². The van der Waals surface area contributed by atoms with Gasteiger partial charge < -0.3 is 15.2 Å². The third-order valence-corrected chi connectivity index (χ3v) is 4.50. The second-order valence-electron chi connectivity index (χ2n) is 5.14. The second-order valence-corrected chi connectivity index (χ2v) is 6.82. The molecule has 0 aliphatic carbocycles. The van der Waals surface area contributed by atoms with Gasteiger partial charge in [0.25, 0.3) is 10.0 Å². The Kier molecular flexibility index (Phi) is 5.56. The number of hydrogen-bond acceptors (Lipinski definition) is 5. The van der Waals surface area contributed by atoms with Gasteiger partial charge in [0.1, 0.15) is 0 Å². The first-order valence-corrected chi connectivity index (χ1v) is 8.64. The zero-order chi connectivity index (χ0) is 18.4. The molecule has 1 amide bonds. The van der Waals surface area contributed by atoms with E-state index < -0.39 is 21.9 Å². The number of carboxylic acids is 1. The summed E-state index contributed by atoms with van der Waals surface area (Å²) >= 11 is 0. The smallest absolute Gasteiger partial charge is 0.261 e. The first-order valence-electron chi connectivity index (χ1n) is 7.16. The van der Waals surface area contributed by atoms with E-state index in [1.165, 1.54) is 36.4 Å². The minimum atomic E-state index is -3.70. The Morgan fingerprint density at radius 3 is 2.04 bits per heavy atom. The Balaban J connectivity index is 2.06. The fraction of sp³-hybridized carbons (Fsp3) is 0.0588. The predicted molar refractivity (Wildman–Crippen MR) is 91.2 cm³/mol. The molecule has 0 saturated carbocycles. The predicted octanol–water partition coefficient (Wildman–Crippen LogP) is 1.04. The van der Waals surface area contributed by atoms with Crippen molar-refractivity contribution in [3.63, 3.8) is 0 Å². The molecule has 0 radical (unpaired) electrons. The van der Waals surface area contributed by atoms with Crippen LogP contribution in [0.1, 0.15) is 5.56 Å². The van der Waals surface area contributed by atoms with E-state index in [4.69, 9.17) is 0 Å². The monoisotopic (exact) mass is 359 g/mol. The van der Waals surface area contributed by atoms with Gasteiger partial charge in [-0.3, -0.25) is 9.52 Å². The van der Waals surface area contributed by atoms with Crippen molar-refractivity contribution in [2.45, 2.75) is 11.8 Å². The molecule has 0 heterocycles. The van der Waals surface area contributed by atoms with E-state index in [0.29, 0.717) is 17.5 Å². The maximum atomic E-state index is 12.3. The third-order valence-electron chi connectivity index (χ3n) is 3.11. The fourth-order valence-corrected chi connectivity index (χ4v) is 2.94. The van der Waals surface area contributed by atoms with Crippen LogP contribution in [-0.4, -0.2) is 20.3 Å². The lowest BCUT2D eigenvalue weighted by Gasteiger charge is -2.09. The molecule has 130 valence electrons. The highest BCUT2D eigenvalue weighted by Gasteiger charge is 2.13. The van der Waals surface area contributed by atoms with Gasteiger partial charge in [-0.1, -0.05) is 17.7 Å². The number of rotatable bonds is 6. The Morgan fingerprint density at radius 1 is 0.920 bits per heavy atom. The fourth-order valence-electron chi connectivity index (χ4n) is 1.88. The highest BCUT2D eigenvalue weighted by atomic mass is 32.2. The molecule has 2 aromatic carbocycles.